The molecule has 1 spiro atoms. The lowest BCUT2D eigenvalue weighted by molar-refractivity contribution is -0.202. The second-order valence-corrected chi connectivity index (χ2v) is 7.66. The van der Waals surface area contributed by atoms with Gasteiger partial charge in [0.25, 0.3) is 0 Å². The van der Waals surface area contributed by atoms with Crippen molar-refractivity contribution in [2.24, 2.45) is 0 Å². The van der Waals surface area contributed by atoms with Gasteiger partial charge in [-0.1, -0.05) is 30.3 Å². The monoisotopic (exact) mass is 349 g/mol. The van der Waals surface area contributed by atoms with Crippen LogP contribution in [0.25, 0.3) is 0 Å². The molecule has 1 N–H and O–H groups in total. The smallest absolute Gasteiger partial charge is 0.410 e. The van der Waals surface area contributed by atoms with E-state index >= 15 is 0 Å². The van der Waals surface area contributed by atoms with Crippen molar-refractivity contribution in [3.63, 3.8) is 0 Å². The summed E-state index contributed by atoms with van der Waals surface area (Å²) in [5.74, 6) is -0.709. The minimum absolute atomic E-state index is 0.416. The van der Waals surface area contributed by atoms with Crippen molar-refractivity contribution in [1.82, 2.24) is 4.90 Å². The predicted molar refractivity (Wildman–Crippen MR) is 92.0 cm³/mol. The number of carbonyl (C=O) groups excluding carboxylic acids is 1. The summed E-state index contributed by atoms with van der Waals surface area (Å²) in [6, 6.07) is 8.89. The third kappa shape index (κ3) is 4.14. The molecular formula is C19H27NO5. The maximum absolute atomic E-state index is 12.7. The van der Waals surface area contributed by atoms with Gasteiger partial charge >= 0.3 is 6.09 Å². The van der Waals surface area contributed by atoms with E-state index in [1.165, 1.54) is 0 Å². The number of carbonyl (C=O) groups is 1. The molecule has 1 aromatic carbocycles. The summed E-state index contributed by atoms with van der Waals surface area (Å²) in [5.41, 5.74) is 0.172. The number of amides is 1. The number of rotatable bonds is 2. The largest absolute Gasteiger partial charge is 0.444 e. The fourth-order valence-corrected chi connectivity index (χ4v) is 3.45. The highest BCUT2D eigenvalue weighted by atomic mass is 16.7. The lowest BCUT2D eigenvalue weighted by Gasteiger charge is -2.45. The summed E-state index contributed by atoms with van der Waals surface area (Å²) in [6.07, 6.45) is -0.258. The van der Waals surface area contributed by atoms with E-state index in [2.05, 4.69) is 0 Å². The van der Waals surface area contributed by atoms with Crippen LogP contribution in [0.15, 0.2) is 30.3 Å². The number of ether oxygens (including phenoxy) is 3. The summed E-state index contributed by atoms with van der Waals surface area (Å²) >= 11 is 0. The second-order valence-electron chi connectivity index (χ2n) is 7.66. The number of benzene rings is 1. The van der Waals surface area contributed by atoms with Crippen LogP contribution < -0.4 is 0 Å². The Morgan fingerprint density at radius 2 is 1.92 bits per heavy atom. The Kier molecular flexibility index (Phi) is 5.04. The quantitative estimate of drug-likeness (QED) is 0.889. The Balaban J connectivity index is 1.84. The van der Waals surface area contributed by atoms with Gasteiger partial charge < -0.3 is 24.2 Å². The molecule has 1 amide bonds. The number of aliphatic hydroxyl groups excluding tert-OH is 1. The van der Waals surface area contributed by atoms with Gasteiger partial charge in [-0.2, -0.15) is 0 Å². The number of piperidine rings is 1. The molecular weight excluding hydrogens is 322 g/mol. The summed E-state index contributed by atoms with van der Waals surface area (Å²) in [5, 5.41) is 10.9. The molecule has 2 fully saturated rings. The summed E-state index contributed by atoms with van der Waals surface area (Å²) in [7, 11) is 0. The number of hydrogen-bond acceptors (Lipinski definition) is 5. The summed E-state index contributed by atoms with van der Waals surface area (Å²) in [4.78, 5) is 14.3. The van der Waals surface area contributed by atoms with Crippen LogP contribution in [0.5, 0.6) is 0 Å². The molecule has 0 saturated carbocycles. The normalized spacial score (nSPS) is 24.3. The van der Waals surface area contributed by atoms with E-state index in [1.807, 2.05) is 51.1 Å². The van der Waals surface area contributed by atoms with E-state index < -0.39 is 29.6 Å². The number of likely N-dealkylation sites (tertiary alicyclic amines) is 1. The first-order chi connectivity index (χ1) is 11.8. The second kappa shape index (κ2) is 6.94. The van der Waals surface area contributed by atoms with E-state index in [0.717, 1.165) is 5.56 Å². The molecule has 0 aliphatic carbocycles. The van der Waals surface area contributed by atoms with Crippen molar-refractivity contribution >= 4 is 6.09 Å². The fraction of sp³-hybridized carbons (Fsp3) is 0.632. The van der Waals surface area contributed by atoms with E-state index in [0.29, 0.717) is 32.6 Å². The lowest BCUT2D eigenvalue weighted by Crippen LogP contribution is -2.56. The van der Waals surface area contributed by atoms with Crippen LogP contribution >= 0.6 is 0 Å². The minimum atomic E-state index is -0.835. The van der Waals surface area contributed by atoms with Crippen LogP contribution in [0.4, 0.5) is 4.79 Å². The Morgan fingerprint density at radius 1 is 1.28 bits per heavy atom. The topological polar surface area (TPSA) is 68.2 Å². The highest BCUT2D eigenvalue weighted by molar-refractivity contribution is 5.69. The van der Waals surface area contributed by atoms with Gasteiger partial charge in [-0.05, 0) is 26.3 Å². The van der Waals surface area contributed by atoms with Gasteiger partial charge in [0.1, 0.15) is 5.60 Å². The number of hydrogen-bond donors (Lipinski definition) is 1. The van der Waals surface area contributed by atoms with Crippen LogP contribution in [0, 0.1) is 0 Å². The van der Waals surface area contributed by atoms with Crippen LogP contribution in [0.2, 0.25) is 0 Å². The molecule has 6 nitrogen and oxygen atoms in total. The molecule has 6 heteroatoms. The zero-order valence-electron chi connectivity index (χ0n) is 15.1. The highest BCUT2D eigenvalue weighted by Crippen LogP contribution is 2.39. The van der Waals surface area contributed by atoms with Crippen molar-refractivity contribution < 1.29 is 24.1 Å². The standard InChI is InChI=1S/C19H27NO5/c1-18(2,3)25-17(22)20-10-9-19(23-11-12-24-19)13-15(20)16(21)14-7-5-4-6-8-14/h4-8,15-16,21H,9-13H2,1-3H3/t15-,16+/m1/s1. The molecule has 2 saturated heterocycles. The Labute approximate surface area is 148 Å². The first-order valence-electron chi connectivity index (χ1n) is 8.80. The van der Waals surface area contributed by atoms with Crippen LogP contribution in [0.3, 0.4) is 0 Å². The number of aliphatic hydroxyl groups is 1. The molecule has 2 atom stereocenters. The molecule has 0 unspecified atom stereocenters. The fourth-order valence-electron chi connectivity index (χ4n) is 3.45. The van der Waals surface area contributed by atoms with Crippen LogP contribution in [-0.4, -0.2) is 53.3 Å². The van der Waals surface area contributed by atoms with Crippen molar-refractivity contribution in [2.75, 3.05) is 19.8 Å². The zero-order chi connectivity index (χ0) is 18.1. The van der Waals surface area contributed by atoms with Crippen molar-refractivity contribution in [3.05, 3.63) is 35.9 Å². The predicted octanol–water partition coefficient (Wildman–Crippen LogP) is 2.86. The first kappa shape index (κ1) is 18.2. The van der Waals surface area contributed by atoms with Crippen molar-refractivity contribution in [3.8, 4) is 0 Å². The van der Waals surface area contributed by atoms with Gasteiger partial charge in [-0.25, -0.2) is 4.79 Å². The van der Waals surface area contributed by atoms with E-state index in [-0.39, 0.29) is 0 Å². The van der Waals surface area contributed by atoms with Gasteiger partial charge in [0, 0.05) is 19.4 Å². The average molecular weight is 349 g/mol. The third-order valence-electron chi connectivity index (χ3n) is 4.60. The van der Waals surface area contributed by atoms with Crippen molar-refractivity contribution in [2.45, 2.75) is 57.1 Å². The molecule has 0 radical (unpaired) electrons. The molecule has 0 aromatic heterocycles. The molecule has 3 rings (SSSR count). The Hall–Kier alpha value is -1.63. The maximum atomic E-state index is 12.7. The number of nitrogens with zero attached hydrogens (tertiary/aromatic N) is 1. The molecule has 1 aromatic rings. The lowest BCUT2D eigenvalue weighted by atomic mass is 9.89. The Morgan fingerprint density at radius 3 is 2.52 bits per heavy atom. The molecule has 2 aliphatic rings. The highest BCUT2D eigenvalue weighted by Gasteiger charge is 2.48. The first-order valence-corrected chi connectivity index (χ1v) is 8.80. The average Bonchev–Trinajstić information content (AvgIpc) is 3.01. The van der Waals surface area contributed by atoms with Gasteiger partial charge in [0.15, 0.2) is 5.79 Å². The minimum Gasteiger partial charge on any atom is -0.444 e. The van der Waals surface area contributed by atoms with Crippen LogP contribution in [-0.2, 0) is 14.2 Å². The zero-order valence-corrected chi connectivity index (χ0v) is 15.1. The van der Waals surface area contributed by atoms with Crippen LogP contribution in [0.1, 0.15) is 45.3 Å². The van der Waals surface area contributed by atoms with Gasteiger partial charge in [0.05, 0.1) is 25.4 Å². The van der Waals surface area contributed by atoms with Gasteiger partial charge in [0.2, 0.25) is 0 Å². The Bertz CT molecular complexity index is 592. The molecule has 138 valence electrons. The van der Waals surface area contributed by atoms with E-state index in [1.54, 1.807) is 4.90 Å². The van der Waals surface area contributed by atoms with Gasteiger partial charge in [-0.15, -0.1) is 0 Å². The summed E-state index contributed by atoms with van der Waals surface area (Å²) in [6.45, 7) is 7.01. The van der Waals surface area contributed by atoms with E-state index in [4.69, 9.17) is 14.2 Å². The molecule has 25 heavy (non-hydrogen) atoms. The molecule has 0 bridgehead atoms. The van der Waals surface area contributed by atoms with Crippen molar-refractivity contribution in [1.29, 1.82) is 0 Å². The van der Waals surface area contributed by atoms with Gasteiger partial charge in [-0.3, -0.25) is 0 Å². The molecule has 2 aliphatic heterocycles. The summed E-state index contributed by atoms with van der Waals surface area (Å²) < 4.78 is 17.2. The van der Waals surface area contributed by atoms with E-state index in [9.17, 15) is 9.90 Å². The maximum Gasteiger partial charge on any atom is 0.410 e. The molecule has 2 heterocycles. The third-order valence-corrected chi connectivity index (χ3v) is 4.60. The SMILES string of the molecule is CC(C)(C)OC(=O)N1CCC2(C[C@@H]1[C@@H](O)c1ccccc1)OCCO2.